The number of carbonyl (C=O) groups excluding carboxylic acids is 1. The SMILES string of the molecule is CCCCCCCCOc1ccc(C(=O)Oc2ccc(N=Nc3ccc(C)cc3C)cc2Cl)cc1. The fourth-order valence-electron chi connectivity index (χ4n) is 3.58. The maximum Gasteiger partial charge on any atom is 0.343 e. The molecule has 0 aliphatic rings. The Labute approximate surface area is 213 Å². The van der Waals surface area contributed by atoms with Gasteiger partial charge in [-0.2, -0.15) is 10.2 Å². The number of aryl methyl sites for hydroxylation is 2. The zero-order valence-corrected chi connectivity index (χ0v) is 21.5. The summed E-state index contributed by atoms with van der Waals surface area (Å²) in [7, 11) is 0. The van der Waals surface area contributed by atoms with Gasteiger partial charge < -0.3 is 9.47 Å². The minimum atomic E-state index is -0.487. The second kappa shape index (κ2) is 13.6. The molecular formula is C29H33ClN2O3. The first-order chi connectivity index (χ1) is 17.0. The van der Waals surface area contributed by atoms with E-state index in [4.69, 9.17) is 21.1 Å². The van der Waals surface area contributed by atoms with Crippen LogP contribution in [-0.4, -0.2) is 12.6 Å². The fourth-order valence-corrected chi connectivity index (χ4v) is 3.80. The summed E-state index contributed by atoms with van der Waals surface area (Å²) >= 11 is 6.33. The average Bonchev–Trinajstić information content (AvgIpc) is 2.85. The van der Waals surface area contributed by atoms with Gasteiger partial charge in [0.25, 0.3) is 0 Å². The molecular weight excluding hydrogens is 460 g/mol. The van der Waals surface area contributed by atoms with Gasteiger partial charge in [-0.1, -0.05) is 68.3 Å². The molecule has 0 N–H and O–H groups in total. The second-order valence-corrected chi connectivity index (χ2v) is 9.04. The Kier molecular flexibility index (Phi) is 10.3. The second-order valence-electron chi connectivity index (χ2n) is 8.63. The molecule has 0 aromatic heterocycles. The normalized spacial score (nSPS) is 11.1. The van der Waals surface area contributed by atoms with Gasteiger partial charge in [-0.25, -0.2) is 4.79 Å². The molecule has 0 aliphatic heterocycles. The molecule has 184 valence electrons. The van der Waals surface area contributed by atoms with Crippen molar-refractivity contribution in [2.75, 3.05) is 6.61 Å². The van der Waals surface area contributed by atoms with Crippen molar-refractivity contribution in [3.05, 3.63) is 82.4 Å². The smallest absolute Gasteiger partial charge is 0.343 e. The first-order valence-corrected chi connectivity index (χ1v) is 12.6. The molecule has 0 atom stereocenters. The van der Waals surface area contributed by atoms with Gasteiger partial charge in [0.2, 0.25) is 0 Å². The number of hydrogen-bond acceptors (Lipinski definition) is 5. The predicted molar refractivity (Wildman–Crippen MR) is 142 cm³/mol. The Morgan fingerprint density at radius 2 is 1.60 bits per heavy atom. The first-order valence-electron chi connectivity index (χ1n) is 12.2. The van der Waals surface area contributed by atoms with Gasteiger partial charge in [-0.05, 0) is 74.4 Å². The molecule has 0 radical (unpaired) electrons. The van der Waals surface area contributed by atoms with Gasteiger partial charge in [-0.3, -0.25) is 0 Å². The highest BCUT2D eigenvalue weighted by Crippen LogP contribution is 2.31. The minimum Gasteiger partial charge on any atom is -0.494 e. The molecule has 0 heterocycles. The van der Waals surface area contributed by atoms with Crippen molar-refractivity contribution in [1.82, 2.24) is 0 Å². The molecule has 0 saturated heterocycles. The van der Waals surface area contributed by atoms with Crippen LogP contribution in [0.2, 0.25) is 5.02 Å². The maximum absolute atomic E-state index is 12.6. The van der Waals surface area contributed by atoms with E-state index in [0.717, 1.165) is 23.4 Å². The molecule has 0 spiro atoms. The molecule has 0 amide bonds. The number of esters is 1. The van der Waals surface area contributed by atoms with Gasteiger partial charge in [0, 0.05) is 0 Å². The van der Waals surface area contributed by atoms with Crippen molar-refractivity contribution < 1.29 is 14.3 Å². The lowest BCUT2D eigenvalue weighted by Gasteiger charge is -2.09. The number of halogens is 1. The number of ether oxygens (including phenoxy) is 2. The Bertz CT molecular complexity index is 1140. The van der Waals surface area contributed by atoms with Crippen LogP contribution >= 0.6 is 11.6 Å². The third-order valence-corrected chi connectivity index (χ3v) is 5.90. The van der Waals surface area contributed by atoms with Gasteiger partial charge in [0.1, 0.15) is 11.5 Å². The third-order valence-electron chi connectivity index (χ3n) is 5.60. The van der Waals surface area contributed by atoms with Crippen molar-refractivity contribution in [3.8, 4) is 11.5 Å². The maximum atomic E-state index is 12.6. The zero-order valence-electron chi connectivity index (χ0n) is 20.7. The van der Waals surface area contributed by atoms with Gasteiger partial charge in [0.15, 0.2) is 0 Å². The largest absolute Gasteiger partial charge is 0.494 e. The Morgan fingerprint density at radius 3 is 2.31 bits per heavy atom. The molecule has 3 aromatic rings. The van der Waals surface area contributed by atoms with Crippen molar-refractivity contribution >= 4 is 28.9 Å². The van der Waals surface area contributed by atoms with E-state index < -0.39 is 5.97 Å². The Hall–Kier alpha value is -3.18. The molecule has 35 heavy (non-hydrogen) atoms. The summed E-state index contributed by atoms with van der Waals surface area (Å²) in [5.74, 6) is 0.524. The molecule has 5 nitrogen and oxygen atoms in total. The third kappa shape index (κ3) is 8.52. The van der Waals surface area contributed by atoms with Crippen molar-refractivity contribution in [2.24, 2.45) is 10.2 Å². The van der Waals surface area contributed by atoms with Gasteiger partial charge in [0.05, 0.1) is 28.6 Å². The molecule has 0 bridgehead atoms. The van der Waals surface area contributed by atoms with Crippen LogP contribution in [0.3, 0.4) is 0 Å². The van der Waals surface area contributed by atoms with Gasteiger partial charge >= 0.3 is 5.97 Å². The van der Waals surface area contributed by atoms with E-state index in [2.05, 4.69) is 23.2 Å². The van der Waals surface area contributed by atoms with E-state index in [1.807, 2.05) is 26.0 Å². The average molecular weight is 493 g/mol. The number of nitrogens with zero attached hydrogens (tertiary/aromatic N) is 2. The lowest BCUT2D eigenvalue weighted by atomic mass is 10.1. The molecule has 0 saturated carbocycles. The number of hydrogen-bond donors (Lipinski definition) is 0. The Morgan fingerprint density at radius 1 is 0.857 bits per heavy atom. The summed E-state index contributed by atoms with van der Waals surface area (Å²) in [6.07, 6.45) is 7.30. The van der Waals surface area contributed by atoms with Crippen LogP contribution < -0.4 is 9.47 Å². The van der Waals surface area contributed by atoms with Crippen LogP contribution in [0.4, 0.5) is 11.4 Å². The van der Waals surface area contributed by atoms with Crippen molar-refractivity contribution in [3.63, 3.8) is 0 Å². The number of azo groups is 1. The standard InChI is InChI=1S/C29H33ClN2O3/c1-4-5-6-7-8-9-18-34-25-14-11-23(12-15-25)29(33)35-28-17-13-24(20-26(28)30)31-32-27-16-10-21(2)19-22(27)3/h10-17,19-20H,4-9,18H2,1-3H3. The van der Waals surface area contributed by atoms with Crippen LogP contribution in [-0.2, 0) is 0 Å². The lowest BCUT2D eigenvalue weighted by molar-refractivity contribution is 0.0735. The summed E-state index contributed by atoms with van der Waals surface area (Å²) in [5.41, 5.74) is 4.00. The summed E-state index contributed by atoms with van der Waals surface area (Å²) in [6.45, 7) is 6.92. The molecule has 3 aromatic carbocycles. The summed E-state index contributed by atoms with van der Waals surface area (Å²) in [4.78, 5) is 12.6. The van der Waals surface area contributed by atoms with Crippen LogP contribution in [0, 0.1) is 13.8 Å². The van der Waals surface area contributed by atoms with E-state index >= 15 is 0 Å². The number of benzene rings is 3. The molecule has 6 heteroatoms. The molecule has 0 aliphatic carbocycles. The highest BCUT2D eigenvalue weighted by Gasteiger charge is 2.12. The van der Waals surface area contributed by atoms with E-state index in [-0.39, 0.29) is 10.8 Å². The highest BCUT2D eigenvalue weighted by molar-refractivity contribution is 6.32. The summed E-state index contributed by atoms with van der Waals surface area (Å²) in [5, 5.41) is 8.83. The van der Waals surface area contributed by atoms with E-state index in [9.17, 15) is 4.79 Å². The molecule has 0 unspecified atom stereocenters. The predicted octanol–water partition coefficient (Wildman–Crippen LogP) is 9.33. The summed E-state index contributed by atoms with van der Waals surface area (Å²) in [6, 6.07) is 17.9. The zero-order chi connectivity index (χ0) is 25.0. The molecule has 0 fully saturated rings. The Balaban J connectivity index is 1.51. The van der Waals surface area contributed by atoms with Crippen molar-refractivity contribution in [2.45, 2.75) is 59.3 Å². The van der Waals surface area contributed by atoms with Crippen LogP contribution in [0.5, 0.6) is 11.5 Å². The quantitative estimate of drug-likeness (QED) is 0.109. The van der Waals surface area contributed by atoms with Crippen LogP contribution in [0.25, 0.3) is 0 Å². The number of unbranched alkanes of at least 4 members (excludes halogenated alkanes) is 5. The summed E-state index contributed by atoms with van der Waals surface area (Å²) < 4.78 is 11.3. The van der Waals surface area contributed by atoms with Crippen LogP contribution in [0.1, 0.15) is 66.9 Å². The molecule has 3 rings (SSSR count). The topological polar surface area (TPSA) is 60.2 Å². The fraction of sp³-hybridized carbons (Fsp3) is 0.345. The number of rotatable bonds is 12. The van der Waals surface area contributed by atoms with Crippen LogP contribution in [0.15, 0.2) is 70.9 Å². The van der Waals surface area contributed by atoms with Gasteiger partial charge in [-0.15, -0.1) is 0 Å². The van der Waals surface area contributed by atoms with E-state index in [1.165, 1.54) is 37.7 Å². The van der Waals surface area contributed by atoms with E-state index in [1.54, 1.807) is 42.5 Å². The minimum absolute atomic E-state index is 0.269. The first kappa shape index (κ1) is 26.4. The number of carbonyl (C=O) groups is 1. The van der Waals surface area contributed by atoms with E-state index in [0.29, 0.717) is 17.9 Å². The van der Waals surface area contributed by atoms with Crippen molar-refractivity contribution in [1.29, 1.82) is 0 Å². The monoisotopic (exact) mass is 492 g/mol. The lowest BCUT2D eigenvalue weighted by Crippen LogP contribution is -2.08. The highest BCUT2D eigenvalue weighted by atomic mass is 35.5.